The van der Waals surface area contributed by atoms with Gasteiger partial charge in [0.1, 0.15) is 5.69 Å². The van der Waals surface area contributed by atoms with Crippen LogP contribution in [0.1, 0.15) is 50.9 Å². The van der Waals surface area contributed by atoms with Gasteiger partial charge >= 0.3 is 16.3 Å². The van der Waals surface area contributed by atoms with E-state index in [2.05, 4.69) is 25.7 Å². The molecule has 224 valence electrons. The minimum atomic E-state index is -4.95. The molecule has 0 spiro atoms. The number of carbonyl (C=O) groups excluding carboxylic acids is 2. The summed E-state index contributed by atoms with van der Waals surface area (Å²) in [6.07, 6.45) is 2.02. The number of aromatic nitrogens is 4. The van der Waals surface area contributed by atoms with Gasteiger partial charge in [-0.1, -0.05) is 5.16 Å². The third kappa shape index (κ3) is 6.87. The lowest BCUT2D eigenvalue weighted by atomic mass is 9.84. The summed E-state index contributed by atoms with van der Waals surface area (Å²) in [5.41, 5.74) is 9.67. The third-order valence-corrected chi connectivity index (χ3v) is 8.46. The van der Waals surface area contributed by atoms with E-state index >= 15 is 0 Å². The molecule has 1 saturated carbocycles. The topological polar surface area (TPSA) is 258 Å². The van der Waals surface area contributed by atoms with Crippen LogP contribution in [-0.4, -0.2) is 89.5 Å². The molecule has 2 fully saturated rings. The summed E-state index contributed by atoms with van der Waals surface area (Å²) < 4.78 is 33.9. The maximum atomic E-state index is 13.3. The Balaban J connectivity index is 1.52. The maximum absolute atomic E-state index is 13.3. The predicted octanol–water partition coefficient (Wildman–Crippen LogP) is -0.839. The Labute approximate surface area is 238 Å². The van der Waals surface area contributed by atoms with Crippen molar-refractivity contribution in [1.82, 2.24) is 29.6 Å². The van der Waals surface area contributed by atoms with E-state index in [1.54, 1.807) is 0 Å². The monoisotopic (exact) mass is 613 g/mol. The molecule has 0 radical (unpaired) electrons. The van der Waals surface area contributed by atoms with E-state index in [1.807, 2.05) is 13.8 Å². The number of β-lactam (4-membered cyclic amide) rings is 1. The zero-order valence-corrected chi connectivity index (χ0v) is 23.9. The first-order valence-electron chi connectivity index (χ1n) is 12.5. The molecule has 4 rings (SSSR count). The second-order valence-electron chi connectivity index (χ2n) is 10.5. The van der Waals surface area contributed by atoms with Gasteiger partial charge in [-0.2, -0.15) is 23.4 Å². The summed E-state index contributed by atoms with van der Waals surface area (Å²) in [4.78, 5) is 48.0. The number of rotatable bonds is 15. The Bertz CT molecular complexity index is 1460. The number of hydrogen-bond acceptors (Lipinski definition) is 14. The summed E-state index contributed by atoms with van der Waals surface area (Å²) in [6, 6.07) is -1.19. The van der Waals surface area contributed by atoms with Crippen LogP contribution in [0.3, 0.4) is 0 Å². The Morgan fingerprint density at radius 2 is 2.07 bits per heavy atom. The van der Waals surface area contributed by atoms with E-state index in [-0.39, 0.29) is 45.8 Å². The van der Waals surface area contributed by atoms with E-state index in [0.29, 0.717) is 25.2 Å². The molecule has 2 aromatic rings. The SMILES string of the molecule is CC(C)(CCN)NCc1cnn(C[C@@H]2[C@H](CC(=O)/C(=N\OC3(C(=O)O)CC3)c3csc(N)n3)C(=O)N2S(=O)(=O)O)n1. The van der Waals surface area contributed by atoms with Crippen LogP contribution in [0.25, 0.3) is 0 Å². The molecule has 0 bridgehead atoms. The zero-order valence-electron chi connectivity index (χ0n) is 22.3. The first kappa shape index (κ1) is 30.4. The van der Waals surface area contributed by atoms with Crippen molar-refractivity contribution in [2.75, 3.05) is 12.3 Å². The van der Waals surface area contributed by atoms with Gasteiger partial charge in [0.15, 0.2) is 16.6 Å². The van der Waals surface area contributed by atoms with Gasteiger partial charge in [0, 0.05) is 36.7 Å². The van der Waals surface area contributed by atoms with Crippen LogP contribution in [0, 0.1) is 5.92 Å². The van der Waals surface area contributed by atoms with Crippen LogP contribution >= 0.6 is 11.3 Å². The number of carbonyl (C=O) groups is 3. The van der Waals surface area contributed by atoms with Crippen LogP contribution in [0.4, 0.5) is 5.13 Å². The van der Waals surface area contributed by atoms with Crippen molar-refractivity contribution in [3.8, 4) is 0 Å². The van der Waals surface area contributed by atoms with Crippen molar-refractivity contribution in [2.45, 2.75) is 69.8 Å². The molecule has 41 heavy (non-hydrogen) atoms. The number of thiazole rings is 1. The molecule has 1 aliphatic heterocycles. The number of nitrogen functional groups attached to an aromatic ring is 1. The minimum Gasteiger partial charge on any atom is -0.478 e. The van der Waals surface area contributed by atoms with Crippen molar-refractivity contribution in [3.63, 3.8) is 0 Å². The Hall–Kier alpha value is -3.52. The number of hydrogen-bond donors (Lipinski definition) is 5. The number of anilines is 1. The fraction of sp³-hybridized carbons (Fsp3) is 0.591. The van der Waals surface area contributed by atoms with Crippen molar-refractivity contribution in [1.29, 1.82) is 0 Å². The Morgan fingerprint density at radius 3 is 2.63 bits per heavy atom. The molecule has 17 nitrogen and oxygen atoms in total. The summed E-state index contributed by atoms with van der Waals surface area (Å²) in [5, 5.41) is 26.4. The van der Waals surface area contributed by atoms with Crippen LogP contribution in [0.15, 0.2) is 16.7 Å². The molecule has 7 N–H and O–H groups in total. The highest BCUT2D eigenvalue weighted by molar-refractivity contribution is 7.84. The van der Waals surface area contributed by atoms with Crippen LogP contribution in [0.2, 0.25) is 0 Å². The lowest BCUT2D eigenvalue weighted by molar-refractivity contribution is -0.153. The number of aliphatic carboxylic acids is 1. The highest BCUT2D eigenvalue weighted by Crippen LogP contribution is 2.40. The van der Waals surface area contributed by atoms with Gasteiger partial charge < -0.3 is 26.7 Å². The standard InChI is InChI=1S/C22H31N9O8S2/c1-21(2,5-6-23)25-8-12-9-26-30(28-12)10-15-13(18(33)31(15)41(36,37)38)7-16(32)17(14-11-40-20(24)27-14)29-39-22(3-4-22)19(34)35/h9,11,13,15,25H,3-8,10,23H2,1-2H3,(H2,24,27)(H,34,35)(H,36,37,38)/b29-17-/t13-,15+/m0/s1. The van der Waals surface area contributed by atoms with Gasteiger partial charge in [-0.3, -0.25) is 14.1 Å². The van der Waals surface area contributed by atoms with Crippen molar-refractivity contribution in [3.05, 3.63) is 23.0 Å². The summed E-state index contributed by atoms with van der Waals surface area (Å²) >= 11 is 1.00. The largest absolute Gasteiger partial charge is 0.478 e. The second kappa shape index (κ2) is 11.4. The lowest BCUT2D eigenvalue weighted by Crippen LogP contribution is -2.64. The predicted molar refractivity (Wildman–Crippen MR) is 144 cm³/mol. The van der Waals surface area contributed by atoms with E-state index in [1.165, 1.54) is 16.4 Å². The number of nitrogens with one attached hydrogen (secondary N) is 1. The number of Topliss-reactive ketones (excluding diaryl/α,β-unsaturated/α-hetero) is 1. The van der Waals surface area contributed by atoms with Gasteiger partial charge in [-0.15, -0.1) is 11.3 Å². The molecule has 1 aliphatic carbocycles. The normalized spacial score (nSPS) is 20.5. The van der Waals surface area contributed by atoms with Crippen LogP contribution in [0.5, 0.6) is 0 Å². The van der Waals surface area contributed by atoms with Crippen LogP contribution < -0.4 is 16.8 Å². The Morgan fingerprint density at radius 1 is 1.37 bits per heavy atom. The quantitative estimate of drug-likeness (QED) is 0.0710. The fourth-order valence-corrected chi connectivity index (χ4v) is 5.72. The molecule has 0 aromatic carbocycles. The number of carboxylic acid groups (broad SMARTS) is 1. The number of oxime groups is 1. The molecule has 2 aliphatic rings. The zero-order chi connectivity index (χ0) is 30.2. The van der Waals surface area contributed by atoms with Gasteiger partial charge in [0.2, 0.25) is 11.5 Å². The van der Waals surface area contributed by atoms with E-state index in [9.17, 15) is 32.5 Å². The Kier molecular flexibility index (Phi) is 8.46. The summed E-state index contributed by atoms with van der Waals surface area (Å²) in [6.45, 7) is 4.54. The number of amides is 1. The van der Waals surface area contributed by atoms with Gasteiger partial charge in [0.25, 0.3) is 0 Å². The molecule has 2 atom stereocenters. The van der Waals surface area contributed by atoms with Crippen molar-refractivity contribution in [2.24, 2.45) is 16.8 Å². The number of ketones is 1. The number of carboxylic acids is 1. The first-order valence-corrected chi connectivity index (χ1v) is 14.8. The average molecular weight is 614 g/mol. The van der Waals surface area contributed by atoms with Gasteiger partial charge in [0.05, 0.1) is 30.4 Å². The van der Waals surface area contributed by atoms with Crippen LogP contribution in [-0.2, 0) is 42.6 Å². The van der Waals surface area contributed by atoms with E-state index < -0.39 is 51.9 Å². The van der Waals surface area contributed by atoms with Crippen molar-refractivity contribution >= 4 is 50.1 Å². The molecular formula is C22H31N9O8S2. The van der Waals surface area contributed by atoms with E-state index in [4.69, 9.17) is 16.3 Å². The molecule has 19 heteroatoms. The highest BCUT2D eigenvalue weighted by atomic mass is 32.2. The number of nitrogens with two attached hydrogens (primary N) is 2. The van der Waals surface area contributed by atoms with Gasteiger partial charge in [-0.05, 0) is 26.8 Å². The molecular weight excluding hydrogens is 582 g/mol. The van der Waals surface area contributed by atoms with Gasteiger partial charge in [-0.25, -0.2) is 14.1 Å². The molecule has 2 aromatic heterocycles. The van der Waals surface area contributed by atoms with Crippen molar-refractivity contribution < 1.29 is 37.3 Å². The third-order valence-electron chi connectivity index (χ3n) is 6.84. The first-order chi connectivity index (χ1) is 19.2. The average Bonchev–Trinajstić information content (AvgIpc) is 3.33. The fourth-order valence-electron chi connectivity index (χ4n) is 4.25. The molecule has 1 amide bonds. The molecule has 3 heterocycles. The van der Waals surface area contributed by atoms with E-state index in [0.717, 1.165) is 11.3 Å². The molecule has 0 unspecified atom stereocenters. The summed E-state index contributed by atoms with van der Waals surface area (Å²) in [7, 11) is -4.95. The molecule has 1 saturated heterocycles. The minimum absolute atomic E-state index is 0.0112. The summed E-state index contributed by atoms with van der Waals surface area (Å²) in [5.74, 6) is -4.22. The smallest absolute Gasteiger partial charge is 0.362 e. The lowest BCUT2D eigenvalue weighted by Gasteiger charge is -2.43. The second-order valence-corrected chi connectivity index (χ2v) is 12.7. The highest BCUT2D eigenvalue weighted by Gasteiger charge is 2.56. The maximum Gasteiger partial charge on any atom is 0.362 e. The number of nitrogens with zero attached hydrogens (tertiary/aromatic N) is 6.